The summed E-state index contributed by atoms with van der Waals surface area (Å²) in [6.07, 6.45) is 0. The van der Waals surface area contributed by atoms with Gasteiger partial charge in [-0.05, 0) is 26.0 Å². The van der Waals surface area contributed by atoms with Gasteiger partial charge in [0.25, 0.3) is 0 Å². The van der Waals surface area contributed by atoms with Crippen molar-refractivity contribution in [2.75, 3.05) is 19.4 Å². The van der Waals surface area contributed by atoms with Gasteiger partial charge < -0.3 is 10.1 Å². The molecule has 1 N–H and O–H groups in total. The normalized spacial score (nSPS) is 15.9. The van der Waals surface area contributed by atoms with Crippen LogP contribution in [0.25, 0.3) is 0 Å². The molecular weight excluding hydrogens is 270 g/mol. The number of benzene rings is 1. The number of hydrogen-bond donors (Lipinski definition) is 1. The van der Waals surface area contributed by atoms with Crippen LogP contribution in [0.5, 0.6) is 5.75 Å². The molecule has 4 heteroatoms. The molecule has 0 fully saturated rings. The highest BCUT2D eigenvalue weighted by Crippen LogP contribution is 2.26. The van der Waals surface area contributed by atoms with Gasteiger partial charge in [0.05, 0.1) is 6.61 Å². The maximum atomic E-state index is 12.4. The van der Waals surface area contributed by atoms with E-state index in [-0.39, 0.29) is 11.3 Å². The Bertz CT molecular complexity index is 434. The zero-order valence-corrected chi connectivity index (χ0v) is 14.0. The minimum Gasteiger partial charge on any atom is -0.494 e. The summed E-state index contributed by atoms with van der Waals surface area (Å²) < 4.78 is 18.1. The molecule has 3 unspecified atom stereocenters. The lowest BCUT2D eigenvalue weighted by atomic mass is 10.1. The summed E-state index contributed by atoms with van der Waals surface area (Å²) in [5, 5.41) is 3.47. The Morgan fingerprint density at radius 1 is 1.25 bits per heavy atom. The highest BCUT2D eigenvalue weighted by atomic mass is 32.2. The van der Waals surface area contributed by atoms with Gasteiger partial charge >= 0.3 is 0 Å². The van der Waals surface area contributed by atoms with Crippen molar-refractivity contribution in [3.63, 3.8) is 0 Å². The Labute approximate surface area is 125 Å². The largest absolute Gasteiger partial charge is 0.494 e. The average molecular weight is 297 g/mol. The third-order valence-corrected chi connectivity index (χ3v) is 5.66. The second-order valence-electron chi connectivity index (χ2n) is 5.31. The molecule has 1 rings (SSSR count). The average Bonchev–Trinajstić information content (AvgIpc) is 2.44. The minimum atomic E-state index is -0.856. The lowest BCUT2D eigenvalue weighted by Crippen LogP contribution is -2.29. The Kier molecular flexibility index (Phi) is 7.24. The summed E-state index contributed by atoms with van der Waals surface area (Å²) >= 11 is 0. The predicted molar refractivity (Wildman–Crippen MR) is 86.7 cm³/mol. The maximum Gasteiger partial charge on any atom is 0.124 e. The number of para-hydroxylation sites is 1. The Morgan fingerprint density at radius 3 is 2.45 bits per heavy atom. The van der Waals surface area contributed by atoms with Crippen LogP contribution in [0.1, 0.15) is 39.3 Å². The van der Waals surface area contributed by atoms with Gasteiger partial charge in [-0.2, -0.15) is 0 Å². The van der Waals surface area contributed by atoms with Crippen LogP contribution in [0.3, 0.4) is 0 Å². The van der Waals surface area contributed by atoms with Crippen molar-refractivity contribution in [2.45, 2.75) is 39.0 Å². The molecule has 0 amide bonds. The fraction of sp³-hybridized carbons (Fsp3) is 0.625. The molecule has 0 saturated heterocycles. The summed E-state index contributed by atoms with van der Waals surface area (Å²) in [4.78, 5) is 0. The van der Waals surface area contributed by atoms with E-state index in [1.807, 2.05) is 38.2 Å². The molecule has 114 valence electrons. The molecule has 3 nitrogen and oxygen atoms in total. The summed E-state index contributed by atoms with van der Waals surface area (Å²) in [5.41, 5.74) is 1.08. The monoisotopic (exact) mass is 297 g/mol. The predicted octanol–water partition coefficient (Wildman–Crippen LogP) is 3.14. The van der Waals surface area contributed by atoms with Gasteiger partial charge in [-0.3, -0.25) is 4.21 Å². The smallest absolute Gasteiger partial charge is 0.124 e. The Hall–Kier alpha value is -0.870. The summed E-state index contributed by atoms with van der Waals surface area (Å²) in [7, 11) is 1.05. The van der Waals surface area contributed by atoms with Crippen molar-refractivity contribution >= 4 is 10.8 Å². The van der Waals surface area contributed by atoms with Gasteiger partial charge in [0.15, 0.2) is 0 Å². The number of ether oxygens (including phenoxy) is 1. The molecule has 0 bridgehead atoms. The van der Waals surface area contributed by atoms with Gasteiger partial charge in [-0.25, -0.2) is 0 Å². The van der Waals surface area contributed by atoms with Crippen molar-refractivity contribution in [1.82, 2.24) is 5.32 Å². The summed E-state index contributed by atoms with van der Waals surface area (Å²) in [5.74, 6) is 1.92. The van der Waals surface area contributed by atoms with Crippen molar-refractivity contribution in [2.24, 2.45) is 5.92 Å². The van der Waals surface area contributed by atoms with E-state index in [2.05, 4.69) is 26.1 Å². The third kappa shape index (κ3) is 4.60. The molecule has 0 aromatic heterocycles. The quantitative estimate of drug-likeness (QED) is 0.801. The molecule has 0 aliphatic carbocycles. The fourth-order valence-electron chi connectivity index (χ4n) is 2.00. The topological polar surface area (TPSA) is 38.3 Å². The van der Waals surface area contributed by atoms with Gasteiger partial charge in [0.2, 0.25) is 0 Å². The second kappa shape index (κ2) is 8.42. The zero-order valence-electron chi connectivity index (χ0n) is 13.2. The molecular formula is C16H27NO2S. The van der Waals surface area contributed by atoms with E-state index >= 15 is 0 Å². The van der Waals surface area contributed by atoms with E-state index in [9.17, 15) is 4.21 Å². The van der Waals surface area contributed by atoms with Gasteiger partial charge in [0, 0.05) is 33.4 Å². The van der Waals surface area contributed by atoms with Crippen LogP contribution in [-0.4, -0.2) is 28.9 Å². The molecule has 1 aromatic rings. The van der Waals surface area contributed by atoms with E-state index in [1.165, 1.54) is 0 Å². The zero-order chi connectivity index (χ0) is 15.1. The highest BCUT2D eigenvalue weighted by molar-refractivity contribution is 7.85. The number of rotatable bonds is 8. The minimum absolute atomic E-state index is 0.0554. The molecule has 3 atom stereocenters. The van der Waals surface area contributed by atoms with Crippen LogP contribution < -0.4 is 10.1 Å². The van der Waals surface area contributed by atoms with Crippen LogP contribution in [0.4, 0.5) is 0 Å². The molecule has 0 radical (unpaired) electrons. The van der Waals surface area contributed by atoms with E-state index in [0.29, 0.717) is 18.3 Å². The standard InChI is InChI=1S/C16H27NO2S/c1-6-19-16-10-8-7-9-14(16)15(17-5)11-20(18)13(4)12(2)3/h7-10,12-13,15,17H,6,11H2,1-5H3. The van der Waals surface area contributed by atoms with Crippen molar-refractivity contribution < 1.29 is 8.95 Å². The lowest BCUT2D eigenvalue weighted by Gasteiger charge is -2.22. The highest BCUT2D eigenvalue weighted by Gasteiger charge is 2.21. The fourth-order valence-corrected chi connectivity index (χ4v) is 3.59. The van der Waals surface area contributed by atoms with E-state index in [4.69, 9.17) is 4.74 Å². The van der Waals surface area contributed by atoms with Crippen LogP contribution >= 0.6 is 0 Å². The summed E-state index contributed by atoms with van der Waals surface area (Å²) in [6.45, 7) is 8.90. The van der Waals surface area contributed by atoms with Crippen LogP contribution in [0.15, 0.2) is 24.3 Å². The third-order valence-electron chi connectivity index (χ3n) is 3.63. The van der Waals surface area contributed by atoms with Crippen LogP contribution in [0.2, 0.25) is 0 Å². The van der Waals surface area contributed by atoms with Crippen molar-refractivity contribution in [3.8, 4) is 5.75 Å². The molecule has 0 aliphatic rings. The van der Waals surface area contributed by atoms with Gasteiger partial charge in [-0.1, -0.05) is 39.0 Å². The first-order valence-corrected chi connectivity index (χ1v) is 8.65. The molecule has 0 saturated carbocycles. The number of hydrogen-bond acceptors (Lipinski definition) is 3. The maximum absolute atomic E-state index is 12.4. The summed E-state index contributed by atoms with van der Waals surface area (Å²) in [6, 6.07) is 8.03. The molecule has 0 aliphatic heterocycles. The van der Waals surface area contributed by atoms with E-state index in [1.54, 1.807) is 0 Å². The van der Waals surface area contributed by atoms with Crippen LogP contribution in [-0.2, 0) is 10.8 Å². The van der Waals surface area contributed by atoms with Gasteiger partial charge in [0.1, 0.15) is 5.75 Å². The Balaban J connectivity index is 2.88. The first kappa shape index (κ1) is 17.2. The Morgan fingerprint density at radius 2 is 1.90 bits per heavy atom. The van der Waals surface area contributed by atoms with Crippen molar-refractivity contribution in [1.29, 1.82) is 0 Å². The first-order valence-electron chi connectivity index (χ1n) is 7.27. The van der Waals surface area contributed by atoms with Gasteiger partial charge in [-0.15, -0.1) is 0 Å². The number of nitrogens with one attached hydrogen (secondary N) is 1. The lowest BCUT2D eigenvalue weighted by molar-refractivity contribution is 0.333. The second-order valence-corrected chi connectivity index (χ2v) is 7.15. The van der Waals surface area contributed by atoms with E-state index in [0.717, 1.165) is 11.3 Å². The SMILES string of the molecule is CCOc1ccccc1C(CS(=O)C(C)C(C)C)NC. The van der Waals surface area contributed by atoms with E-state index < -0.39 is 10.8 Å². The molecule has 20 heavy (non-hydrogen) atoms. The molecule has 0 spiro atoms. The molecule has 1 aromatic carbocycles. The first-order chi connectivity index (χ1) is 9.51. The molecule has 0 heterocycles. The van der Waals surface area contributed by atoms with Crippen LogP contribution in [0, 0.1) is 5.92 Å². The van der Waals surface area contributed by atoms with Crippen molar-refractivity contribution in [3.05, 3.63) is 29.8 Å².